The van der Waals surface area contributed by atoms with E-state index >= 15 is 0 Å². The summed E-state index contributed by atoms with van der Waals surface area (Å²) in [6.45, 7) is 1.11. The fraction of sp³-hybridized carbons (Fsp3) is 0.500. The van der Waals surface area contributed by atoms with Gasteiger partial charge >= 0.3 is 0 Å². The largest absolute Gasteiger partial charge is 0.357 e. The van der Waals surface area contributed by atoms with Crippen molar-refractivity contribution < 1.29 is 14.4 Å². The number of nitrogens with zero attached hydrogens (tertiary/aromatic N) is 1. The van der Waals surface area contributed by atoms with Gasteiger partial charge in [-0.05, 0) is 18.4 Å². The van der Waals surface area contributed by atoms with Gasteiger partial charge in [-0.1, -0.05) is 36.8 Å². The lowest BCUT2D eigenvalue weighted by molar-refractivity contribution is -0.132. The predicted octanol–water partition coefficient (Wildman–Crippen LogP) is 1.38. The minimum absolute atomic E-state index is 0.117. The summed E-state index contributed by atoms with van der Waals surface area (Å²) in [5.41, 5.74) is 0.732. The molecule has 6 heteroatoms. The molecule has 1 unspecified atom stereocenters. The molecule has 0 aromatic heterocycles. The van der Waals surface area contributed by atoms with Crippen LogP contribution in [0.15, 0.2) is 30.3 Å². The van der Waals surface area contributed by atoms with Crippen molar-refractivity contribution in [1.29, 1.82) is 0 Å². The third kappa shape index (κ3) is 5.08. The predicted molar refractivity (Wildman–Crippen MR) is 91.1 cm³/mol. The molecule has 0 radical (unpaired) electrons. The molecule has 1 aromatic carbocycles. The zero-order chi connectivity index (χ0) is 17.4. The van der Waals surface area contributed by atoms with Crippen LogP contribution >= 0.6 is 0 Å². The van der Waals surface area contributed by atoms with E-state index in [1.54, 1.807) is 24.1 Å². The van der Waals surface area contributed by atoms with Crippen molar-refractivity contribution in [2.24, 2.45) is 0 Å². The molecule has 0 aliphatic carbocycles. The van der Waals surface area contributed by atoms with Crippen molar-refractivity contribution in [3.63, 3.8) is 0 Å². The number of amides is 3. The number of benzene rings is 1. The summed E-state index contributed by atoms with van der Waals surface area (Å²) in [6.07, 6.45) is 3.73. The molecule has 3 amide bonds. The second kappa shape index (κ2) is 9.05. The standard InChI is InChI=1S/C18H25N3O3/c1-19-18(24)17(14-8-4-2-5-9-14)20-15(22)11-13-21-12-7-3-6-10-16(21)23/h2,4-5,8-9,17H,3,6-7,10-13H2,1H3,(H,19,24)(H,20,22). The summed E-state index contributed by atoms with van der Waals surface area (Å²) >= 11 is 0. The Morgan fingerprint density at radius 1 is 1.17 bits per heavy atom. The van der Waals surface area contributed by atoms with Crippen LogP contribution in [0.25, 0.3) is 0 Å². The van der Waals surface area contributed by atoms with Crippen molar-refractivity contribution in [2.75, 3.05) is 20.1 Å². The van der Waals surface area contributed by atoms with E-state index in [1.165, 1.54) is 0 Å². The van der Waals surface area contributed by atoms with Crippen LogP contribution < -0.4 is 10.6 Å². The van der Waals surface area contributed by atoms with Gasteiger partial charge in [0.2, 0.25) is 17.7 Å². The van der Waals surface area contributed by atoms with E-state index in [0.29, 0.717) is 19.5 Å². The molecule has 0 bridgehead atoms. The van der Waals surface area contributed by atoms with Gasteiger partial charge in [-0.3, -0.25) is 14.4 Å². The van der Waals surface area contributed by atoms with Crippen molar-refractivity contribution >= 4 is 17.7 Å². The first-order valence-corrected chi connectivity index (χ1v) is 8.45. The van der Waals surface area contributed by atoms with Gasteiger partial charge in [0.15, 0.2) is 0 Å². The second-order valence-electron chi connectivity index (χ2n) is 5.97. The molecule has 6 nitrogen and oxygen atoms in total. The smallest absolute Gasteiger partial charge is 0.246 e. The molecule has 1 fully saturated rings. The molecule has 1 aromatic rings. The summed E-state index contributed by atoms with van der Waals surface area (Å²) in [5, 5.41) is 5.34. The number of hydrogen-bond donors (Lipinski definition) is 2. The highest BCUT2D eigenvalue weighted by Crippen LogP contribution is 2.14. The molecule has 1 saturated heterocycles. The fourth-order valence-corrected chi connectivity index (χ4v) is 2.83. The van der Waals surface area contributed by atoms with Gasteiger partial charge in [-0.25, -0.2) is 0 Å². The van der Waals surface area contributed by atoms with E-state index in [9.17, 15) is 14.4 Å². The Morgan fingerprint density at radius 2 is 1.92 bits per heavy atom. The lowest BCUT2D eigenvalue weighted by Crippen LogP contribution is -2.41. The molecule has 1 aliphatic heterocycles. The maximum absolute atomic E-state index is 12.3. The first-order valence-electron chi connectivity index (χ1n) is 8.45. The molecule has 1 aliphatic rings. The van der Waals surface area contributed by atoms with Crippen LogP contribution in [0.4, 0.5) is 0 Å². The van der Waals surface area contributed by atoms with Crippen LogP contribution in [-0.4, -0.2) is 42.8 Å². The first kappa shape index (κ1) is 18.0. The van der Waals surface area contributed by atoms with Crippen LogP contribution in [0.1, 0.15) is 43.7 Å². The van der Waals surface area contributed by atoms with Gasteiger partial charge in [-0.15, -0.1) is 0 Å². The SMILES string of the molecule is CNC(=O)C(NC(=O)CCN1CCCCCC1=O)c1ccccc1. The molecule has 2 rings (SSSR count). The molecular weight excluding hydrogens is 306 g/mol. The van der Waals surface area contributed by atoms with Gasteiger partial charge in [0.05, 0.1) is 0 Å². The number of hydrogen-bond acceptors (Lipinski definition) is 3. The zero-order valence-electron chi connectivity index (χ0n) is 14.1. The van der Waals surface area contributed by atoms with Crippen LogP contribution in [0.2, 0.25) is 0 Å². The molecular formula is C18H25N3O3. The summed E-state index contributed by atoms with van der Waals surface area (Å²) < 4.78 is 0. The van der Waals surface area contributed by atoms with E-state index in [0.717, 1.165) is 24.8 Å². The second-order valence-corrected chi connectivity index (χ2v) is 5.97. The van der Waals surface area contributed by atoms with Crippen molar-refractivity contribution in [3.05, 3.63) is 35.9 Å². The average molecular weight is 331 g/mol. The topological polar surface area (TPSA) is 78.5 Å². The Bertz CT molecular complexity index is 574. The molecule has 0 spiro atoms. The third-order valence-corrected chi connectivity index (χ3v) is 4.23. The van der Waals surface area contributed by atoms with Gasteiger partial charge in [0.25, 0.3) is 0 Å². The van der Waals surface area contributed by atoms with E-state index in [4.69, 9.17) is 0 Å². The normalized spacial score (nSPS) is 16.2. The lowest BCUT2D eigenvalue weighted by Gasteiger charge is -2.22. The van der Waals surface area contributed by atoms with E-state index < -0.39 is 6.04 Å². The summed E-state index contributed by atoms with van der Waals surface area (Å²) in [4.78, 5) is 38.0. The highest BCUT2D eigenvalue weighted by atomic mass is 16.2. The molecule has 2 N–H and O–H groups in total. The maximum Gasteiger partial charge on any atom is 0.246 e. The number of carbonyl (C=O) groups excluding carboxylic acids is 3. The minimum atomic E-state index is -0.719. The quantitative estimate of drug-likeness (QED) is 0.827. The molecule has 1 heterocycles. The Kier molecular flexibility index (Phi) is 6.78. The zero-order valence-corrected chi connectivity index (χ0v) is 14.1. The number of likely N-dealkylation sites (N-methyl/N-ethyl adjacent to an activating group) is 1. The average Bonchev–Trinajstić information content (AvgIpc) is 2.82. The van der Waals surface area contributed by atoms with E-state index in [2.05, 4.69) is 10.6 Å². The number of rotatable bonds is 6. The molecule has 0 saturated carbocycles. The lowest BCUT2D eigenvalue weighted by atomic mass is 10.1. The Hall–Kier alpha value is -2.37. The van der Waals surface area contributed by atoms with Crippen LogP contribution in [0.5, 0.6) is 0 Å². The summed E-state index contributed by atoms with van der Waals surface area (Å²) in [5.74, 6) is -0.379. The summed E-state index contributed by atoms with van der Waals surface area (Å²) in [6, 6.07) is 8.40. The van der Waals surface area contributed by atoms with Gasteiger partial charge in [0.1, 0.15) is 6.04 Å². The number of carbonyl (C=O) groups is 3. The first-order chi connectivity index (χ1) is 11.6. The van der Waals surface area contributed by atoms with Crippen molar-refractivity contribution in [3.8, 4) is 0 Å². The highest BCUT2D eigenvalue weighted by molar-refractivity contribution is 5.88. The van der Waals surface area contributed by atoms with E-state index in [-0.39, 0.29) is 24.1 Å². The van der Waals surface area contributed by atoms with Crippen LogP contribution in [0.3, 0.4) is 0 Å². The molecule has 130 valence electrons. The Labute approximate surface area is 142 Å². The minimum Gasteiger partial charge on any atom is -0.357 e. The van der Waals surface area contributed by atoms with E-state index in [1.807, 2.05) is 18.2 Å². The Morgan fingerprint density at radius 3 is 2.62 bits per heavy atom. The molecule has 24 heavy (non-hydrogen) atoms. The third-order valence-electron chi connectivity index (χ3n) is 4.23. The molecule has 1 atom stereocenters. The number of nitrogens with one attached hydrogen (secondary N) is 2. The summed E-state index contributed by atoms with van der Waals surface area (Å²) in [7, 11) is 1.54. The van der Waals surface area contributed by atoms with Gasteiger partial charge in [-0.2, -0.15) is 0 Å². The monoisotopic (exact) mass is 331 g/mol. The van der Waals surface area contributed by atoms with Crippen LogP contribution in [0, 0.1) is 0 Å². The fourth-order valence-electron chi connectivity index (χ4n) is 2.83. The van der Waals surface area contributed by atoms with Gasteiger partial charge in [0, 0.05) is 33.0 Å². The highest BCUT2D eigenvalue weighted by Gasteiger charge is 2.22. The maximum atomic E-state index is 12.3. The Balaban J connectivity index is 1.93. The van der Waals surface area contributed by atoms with Gasteiger partial charge < -0.3 is 15.5 Å². The van der Waals surface area contributed by atoms with Crippen molar-refractivity contribution in [2.45, 2.75) is 38.1 Å². The van der Waals surface area contributed by atoms with Crippen molar-refractivity contribution in [1.82, 2.24) is 15.5 Å². The number of likely N-dealkylation sites (tertiary alicyclic amines) is 1. The van der Waals surface area contributed by atoms with Crippen LogP contribution in [-0.2, 0) is 14.4 Å².